The minimum Gasteiger partial charge on any atom is -0.458 e. The molecule has 0 aliphatic heterocycles. The second kappa shape index (κ2) is 13.2. The van der Waals surface area contributed by atoms with E-state index >= 15 is 0 Å². The van der Waals surface area contributed by atoms with E-state index in [0.717, 1.165) is 21.2 Å². The van der Waals surface area contributed by atoms with Gasteiger partial charge in [-0.3, -0.25) is 9.78 Å². The average molecular weight is 498 g/mol. The number of ether oxygens (including phenoxy) is 1. The average Bonchev–Trinajstić information content (AvgIpc) is 2.68. The summed E-state index contributed by atoms with van der Waals surface area (Å²) in [6.45, 7) is 13.1. The molecule has 1 atom stereocenters. The number of aromatic nitrogens is 1. The van der Waals surface area contributed by atoms with Gasteiger partial charge in [0.1, 0.15) is 11.6 Å². The van der Waals surface area contributed by atoms with Gasteiger partial charge in [0, 0.05) is 25.4 Å². The Morgan fingerprint density at radius 3 is 2.21 bits per heavy atom. The van der Waals surface area contributed by atoms with Gasteiger partial charge >= 0.3 is 5.97 Å². The molecule has 0 unspecified atom stereocenters. The number of nitrogens with zero attached hydrogens (tertiary/aromatic N) is 3. The van der Waals surface area contributed by atoms with Crippen molar-refractivity contribution in [3.63, 3.8) is 0 Å². The molecule has 0 N–H and O–H groups in total. The monoisotopic (exact) mass is 497 g/mol. The fraction of sp³-hybridized carbons (Fsp3) is 0.720. The summed E-state index contributed by atoms with van der Waals surface area (Å²) in [5, 5.41) is 1.16. The molecule has 0 aliphatic rings. The van der Waals surface area contributed by atoms with Gasteiger partial charge in [-0.15, -0.1) is 4.41 Å². The molecule has 0 saturated heterocycles. The molecule has 0 bridgehead atoms. The Bertz CT molecular complexity index is 880. The summed E-state index contributed by atoms with van der Waals surface area (Å²) in [6.07, 6.45) is 6.72. The molecule has 194 valence electrons. The molecule has 1 heterocycles. The van der Waals surface area contributed by atoms with Crippen LogP contribution in [-0.2, 0) is 30.8 Å². The minimum atomic E-state index is -3.82. The zero-order valence-electron chi connectivity index (χ0n) is 22.1. The number of hydrazine groups is 1. The number of hydrogen-bond donors (Lipinski definition) is 0. The lowest BCUT2D eigenvalue weighted by molar-refractivity contribution is -0.173. The Balaban J connectivity index is 3.39. The van der Waals surface area contributed by atoms with E-state index in [1.165, 1.54) is 0 Å². The molecule has 0 saturated carbocycles. The van der Waals surface area contributed by atoms with Crippen molar-refractivity contribution in [1.82, 2.24) is 14.4 Å². The van der Waals surface area contributed by atoms with Crippen molar-refractivity contribution < 1.29 is 22.7 Å². The molecule has 0 radical (unpaired) electrons. The van der Waals surface area contributed by atoms with E-state index < -0.39 is 33.5 Å². The Morgan fingerprint density at radius 2 is 1.74 bits per heavy atom. The van der Waals surface area contributed by atoms with Gasteiger partial charge in [0.25, 0.3) is 0 Å². The van der Waals surface area contributed by atoms with Crippen LogP contribution in [0.1, 0.15) is 79.7 Å². The van der Waals surface area contributed by atoms with E-state index in [2.05, 4.69) is 4.98 Å². The lowest BCUT2D eigenvalue weighted by atomic mass is 10.0. The van der Waals surface area contributed by atoms with Crippen LogP contribution in [0.25, 0.3) is 0 Å². The lowest BCUT2D eigenvalue weighted by Gasteiger charge is -2.39. The molecule has 0 aliphatic carbocycles. The van der Waals surface area contributed by atoms with Crippen LogP contribution < -0.4 is 0 Å². The first-order valence-electron chi connectivity index (χ1n) is 12.0. The third kappa shape index (κ3) is 11.0. The van der Waals surface area contributed by atoms with E-state index in [9.17, 15) is 18.0 Å². The number of esters is 1. The first kappa shape index (κ1) is 30.0. The molecule has 1 amide bonds. The van der Waals surface area contributed by atoms with Crippen LogP contribution in [0.3, 0.4) is 0 Å². The van der Waals surface area contributed by atoms with Crippen molar-refractivity contribution in [2.75, 3.05) is 12.8 Å². The predicted octanol–water partition coefficient (Wildman–Crippen LogP) is 4.21. The van der Waals surface area contributed by atoms with Crippen LogP contribution in [0.4, 0.5) is 0 Å². The van der Waals surface area contributed by atoms with Crippen molar-refractivity contribution in [1.29, 1.82) is 0 Å². The molecule has 0 fully saturated rings. The summed E-state index contributed by atoms with van der Waals surface area (Å²) in [5.74, 6) is -0.788. The summed E-state index contributed by atoms with van der Waals surface area (Å²) in [5.41, 5.74) is 0.226. The van der Waals surface area contributed by atoms with E-state index in [4.69, 9.17) is 4.74 Å². The van der Waals surface area contributed by atoms with E-state index in [1.54, 1.807) is 33.2 Å². The Morgan fingerprint density at radius 1 is 1.09 bits per heavy atom. The number of amides is 1. The maximum absolute atomic E-state index is 13.5. The van der Waals surface area contributed by atoms with Gasteiger partial charge in [-0.2, -0.15) is 0 Å². The highest BCUT2D eigenvalue weighted by Crippen LogP contribution is 2.23. The first-order chi connectivity index (χ1) is 15.6. The molecule has 1 aromatic heterocycles. The fourth-order valence-electron chi connectivity index (χ4n) is 3.43. The molecule has 1 rings (SSSR count). The summed E-state index contributed by atoms with van der Waals surface area (Å²) in [4.78, 5) is 30.9. The van der Waals surface area contributed by atoms with Gasteiger partial charge in [0.15, 0.2) is 0 Å². The highest BCUT2D eigenvalue weighted by Gasteiger charge is 2.40. The van der Waals surface area contributed by atoms with Crippen LogP contribution in [0.2, 0.25) is 0 Å². The topological polar surface area (TPSA) is 96.9 Å². The smallest absolute Gasteiger partial charge is 0.331 e. The van der Waals surface area contributed by atoms with E-state index in [0.29, 0.717) is 19.3 Å². The number of rotatable bonds is 13. The second-order valence-corrected chi connectivity index (χ2v) is 12.5. The predicted molar refractivity (Wildman–Crippen MR) is 134 cm³/mol. The molecular weight excluding hydrogens is 454 g/mol. The van der Waals surface area contributed by atoms with Crippen molar-refractivity contribution in [3.8, 4) is 0 Å². The van der Waals surface area contributed by atoms with E-state index in [-0.39, 0.29) is 31.2 Å². The highest BCUT2D eigenvalue weighted by molar-refractivity contribution is 7.88. The highest BCUT2D eigenvalue weighted by atomic mass is 32.2. The third-order valence-corrected chi connectivity index (χ3v) is 6.07. The Kier molecular flexibility index (Phi) is 11.6. The van der Waals surface area contributed by atoms with Crippen LogP contribution in [0, 0.1) is 11.8 Å². The van der Waals surface area contributed by atoms with Gasteiger partial charge in [0.05, 0.1) is 6.26 Å². The molecule has 0 spiro atoms. The largest absolute Gasteiger partial charge is 0.458 e. The van der Waals surface area contributed by atoms with Crippen molar-refractivity contribution >= 4 is 21.9 Å². The summed E-state index contributed by atoms with van der Waals surface area (Å²) >= 11 is 0. The number of sulfonamides is 1. The quantitative estimate of drug-likeness (QED) is 0.299. The zero-order chi connectivity index (χ0) is 26.1. The number of aryl methyl sites for hydroxylation is 1. The molecule has 34 heavy (non-hydrogen) atoms. The Hall–Kier alpha value is -2.00. The molecule has 0 aromatic carbocycles. The maximum Gasteiger partial charge on any atom is 0.331 e. The van der Waals surface area contributed by atoms with Crippen LogP contribution in [-0.4, -0.2) is 59.1 Å². The SMILES string of the molecule is CC(C)CCC(=O)N([C@H](CCCc1cccnc1)C(=O)OC(C)(C)C)N(CC(C)C)S(C)(=O)=O. The summed E-state index contributed by atoms with van der Waals surface area (Å²) in [6, 6.07) is 2.74. The van der Waals surface area contributed by atoms with Crippen LogP contribution >= 0.6 is 0 Å². The number of hydrogen-bond acceptors (Lipinski definition) is 6. The molecule has 8 nitrogen and oxygen atoms in total. The van der Waals surface area contributed by atoms with Crippen molar-refractivity contribution in [2.24, 2.45) is 11.8 Å². The Labute approximate surface area is 206 Å². The van der Waals surface area contributed by atoms with Crippen molar-refractivity contribution in [3.05, 3.63) is 30.1 Å². The maximum atomic E-state index is 13.5. The number of pyridine rings is 1. The molecule has 9 heteroatoms. The molecular formula is C25H43N3O5S. The number of carbonyl (C=O) groups excluding carboxylic acids is 2. The van der Waals surface area contributed by atoms with Crippen LogP contribution in [0.5, 0.6) is 0 Å². The van der Waals surface area contributed by atoms with Gasteiger partial charge in [-0.25, -0.2) is 18.2 Å². The summed E-state index contributed by atoms with van der Waals surface area (Å²) in [7, 11) is -3.82. The third-order valence-electron chi connectivity index (χ3n) is 4.98. The first-order valence-corrected chi connectivity index (χ1v) is 13.9. The molecule has 1 aromatic rings. The second-order valence-electron chi connectivity index (χ2n) is 10.6. The number of carbonyl (C=O) groups is 2. The lowest BCUT2D eigenvalue weighted by Crippen LogP contribution is -2.58. The van der Waals surface area contributed by atoms with Gasteiger partial charge < -0.3 is 4.74 Å². The normalized spacial score (nSPS) is 13.4. The van der Waals surface area contributed by atoms with Gasteiger partial charge in [-0.05, 0) is 69.9 Å². The van der Waals surface area contributed by atoms with Gasteiger partial charge in [0.2, 0.25) is 15.9 Å². The van der Waals surface area contributed by atoms with E-state index in [1.807, 2.05) is 39.8 Å². The fourth-order valence-corrected chi connectivity index (χ4v) is 4.52. The van der Waals surface area contributed by atoms with Crippen molar-refractivity contribution in [2.45, 2.75) is 92.2 Å². The minimum absolute atomic E-state index is 0.0511. The standard InChI is InChI=1S/C25H43N3O5S/c1-19(2)14-15-23(29)28(27(18-20(3)4)34(8,31)32)22(24(30)33-25(5,6)7)13-9-11-21-12-10-16-26-17-21/h10,12,16-17,19-20,22H,9,11,13-15,18H2,1-8H3/t22-/m1/s1. The zero-order valence-corrected chi connectivity index (χ0v) is 22.9. The summed E-state index contributed by atoms with van der Waals surface area (Å²) < 4.78 is 32.4. The van der Waals surface area contributed by atoms with Crippen LogP contribution in [0.15, 0.2) is 24.5 Å². The van der Waals surface area contributed by atoms with Gasteiger partial charge in [-0.1, -0.05) is 33.8 Å².